The summed E-state index contributed by atoms with van der Waals surface area (Å²) >= 11 is 6.85. The van der Waals surface area contributed by atoms with Gasteiger partial charge in [-0.05, 0) is 58.6 Å². The summed E-state index contributed by atoms with van der Waals surface area (Å²) in [5.41, 5.74) is 8.81. The Morgan fingerprint density at radius 2 is 1.90 bits per heavy atom. The summed E-state index contributed by atoms with van der Waals surface area (Å²) in [6.45, 7) is 6.65. The lowest BCUT2D eigenvalue weighted by molar-refractivity contribution is 0.0186. The number of fused-ring (bicyclic) bond motifs is 2. The maximum atomic E-state index is 12.6. The fourth-order valence-corrected chi connectivity index (χ4v) is 5.31. The Morgan fingerprint density at radius 1 is 1.15 bits per heavy atom. The highest BCUT2D eigenvalue weighted by Gasteiger charge is 2.31. The lowest BCUT2D eigenvalue weighted by Crippen LogP contribution is -2.42. The number of likely N-dealkylation sites (tertiary alicyclic amines) is 1. The van der Waals surface area contributed by atoms with Crippen LogP contribution in [-0.4, -0.2) is 66.4 Å². The average molecular weight is 551 g/mol. The van der Waals surface area contributed by atoms with Crippen LogP contribution >= 0.6 is 11.6 Å². The predicted molar refractivity (Wildman–Crippen MR) is 149 cm³/mol. The quantitative estimate of drug-likeness (QED) is 0.335. The Labute approximate surface area is 230 Å². The molecule has 4 heterocycles. The van der Waals surface area contributed by atoms with Gasteiger partial charge >= 0.3 is 6.09 Å². The van der Waals surface area contributed by atoms with E-state index in [4.69, 9.17) is 27.2 Å². The first-order valence-electron chi connectivity index (χ1n) is 13.2. The fourth-order valence-electron chi connectivity index (χ4n) is 5.01. The van der Waals surface area contributed by atoms with Crippen molar-refractivity contribution in [2.45, 2.75) is 64.1 Å². The number of nitrogen functional groups attached to an aromatic ring is 1. The monoisotopic (exact) mass is 550 g/mol. The van der Waals surface area contributed by atoms with Gasteiger partial charge in [0.05, 0.1) is 22.1 Å². The van der Waals surface area contributed by atoms with Crippen molar-refractivity contribution in [3.63, 3.8) is 0 Å². The Morgan fingerprint density at radius 3 is 2.59 bits per heavy atom. The van der Waals surface area contributed by atoms with E-state index in [1.54, 1.807) is 17.0 Å². The van der Waals surface area contributed by atoms with Crippen molar-refractivity contribution in [1.82, 2.24) is 34.9 Å². The van der Waals surface area contributed by atoms with E-state index in [0.717, 1.165) is 23.7 Å². The number of halogens is 1. The molecule has 39 heavy (non-hydrogen) atoms. The van der Waals surface area contributed by atoms with E-state index in [1.165, 1.54) is 6.33 Å². The van der Waals surface area contributed by atoms with Crippen molar-refractivity contribution < 1.29 is 14.3 Å². The van der Waals surface area contributed by atoms with E-state index in [2.05, 4.69) is 20.3 Å². The third kappa shape index (κ3) is 4.87. The van der Waals surface area contributed by atoms with Gasteiger partial charge in [0.2, 0.25) is 0 Å². The van der Waals surface area contributed by atoms with Crippen LogP contribution in [0.25, 0.3) is 33.3 Å². The van der Waals surface area contributed by atoms with Crippen LogP contribution in [0.2, 0.25) is 5.02 Å². The summed E-state index contributed by atoms with van der Waals surface area (Å²) in [6, 6.07) is 5.68. The highest BCUT2D eigenvalue weighted by atomic mass is 35.5. The van der Waals surface area contributed by atoms with E-state index in [-0.39, 0.29) is 24.1 Å². The molecule has 1 aromatic carbocycles. The highest BCUT2D eigenvalue weighted by Crippen LogP contribution is 2.40. The summed E-state index contributed by atoms with van der Waals surface area (Å²) in [7, 11) is 0. The van der Waals surface area contributed by atoms with E-state index >= 15 is 0 Å². The van der Waals surface area contributed by atoms with Crippen molar-refractivity contribution >= 4 is 51.4 Å². The zero-order chi connectivity index (χ0) is 27.5. The lowest BCUT2D eigenvalue weighted by Gasteiger charge is -2.33. The number of H-pyrrole nitrogens is 1. The second-order valence-corrected chi connectivity index (χ2v) is 11.6. The SMILES string of the molecule is CC(C)(C)OC(=O)N1CCC(n2nc(-c3[nH]c4cc(C(=O)NC5CC5)ccc4c3Cl)c3c(N)ncnc32)CC1. The van der Waals surface area contributed by atoms with Crippen LogP contribution in [0.3, 0.4) is 0 Å². The maximum absolute atomic E-state index is 12.6. The van der Waals surface area contributed by atoms with Gasteiger partial charge in [0.15, 0.2) is 5.65 Å². The molecule has 2 fully saturated rings. The van der Waals surface area contributed by atoms with Crippen LogP contribution in [0.1, 0.15) is 62.9 Å². The molecule has 1 saturated carbocycles. The lowest BCUT2D eigenvalue weighted by atomic mass is 10.1. The van der Waals surface area contributed by atoms with Crippen LogP contribution in [-0.2, 0) is 4.74 Å². The van der Waals surface area contributed by atoms with Gasteiger partial charge in [-0.25, -0.2) is 19.4 Å². The number of hydrogen-bond acceptors (Lipinski definition) is 7. The van der Waals surface area contributed by atoms with Gasteiger partial charge in [-0.2, -0.15) is 5.10 Å². The second kappa shape index (κ2) is 9.41. The van der Waals surface area contributed by atoms with Gasteiger partial charge in [0.25, 0.3) is 5.91 Å². The van der Waals surface area contributed by atoms with Crippen molar-refractivity contribution in [2.24, 2.45) is 0 Å². The average Bonchev–Trinajstić information content (AvgIpc) is 3.53. The number of carbonyl (C=O) groups is 2. The molecular weight excluding hydrogens is 520 g/mol. The first-order chi connectivity index (χ1) is 18.6. The van der Waals surface area contributed by atoms with Crippen molar-refractivity contribution in [2.75, 3.05) is 18.8 Å². The molecule has 0 radical (unpaired) electrons. The molecule has 2 aliphatic rings. The number of aromatic amines is 1. The smallest absolute Gasteiger partial charge is 0.410 e. The Bertz CT molecular complexity index is 1590. The number of piperidine rings is 1. The third-order valence-electron chi connectivity index (χ3n) is 7.13. The molecular formula is C27H31ClN8O3. The topological polar surface area (TPSA) is 144 Å². The summed E-state index contributed by atoms with van der Waals surface area (Å²) < 4.78 is 7.40. The molecule has 0 spiro atoms. The minimum absolute atomic E-state index is 0.00452. The molecule has 0 bridgehead atoms. The number of anilines is 1. The molecule has 0 unspecified atom stereocenters. The van der Waals surface area contributed by atoms with Gasteiger partial charge in [-0.1, -0.05) is 17.7 Å². The number of ether oxygens (including phenoxy) is 1. The Hall–Kier alpha value is -3.86. The fraction of sp³-hybridized carbons (Fsp3) is 0.444. The van der Waals surface area contributed by atoms with E-state index in [9.17, 15) is 9.59 Å². The zero-order valence-electron chi connectivity index (χ0n) is 22.1. The third-order valence-corrected chi connectivity index (χ3v) is 7.52. The Balaban J connectivity index is 1.33. The van der Waals surface area contributed by atoms with E-state index < -0.39 is 5.60 Å². The van der Waals surface area contributed by atoms with Crippen LogP contribution < -0.4 is 11.1 Å². The van der Waals surface area contributed by atoms with Crippen LogP contribution in [0.15, 0.2) is 24.5 Å². The standard InChI is InChI=1S/C27H31ClN8O3/c1-27(2,3)39-26(38)35-10-8-16(9-11-35)36-24-19(23(29)30-13-31-24)21(34-36)22-20(28)17-7-4-14(12-18(17)33-22)25(37)32-15-5-6-15/h4,7,12-13,15-16,33H,5-6,8-11H2,1-3H3,(H,32,37)(H2,29,30,31). The number of nitrogens with zero attached hydrogens (tertiary/aromatic N) is 5. The van der Waals surface area contributed by atoms with Crippen LogP contribution in [0.5, 0.6) is 0 Å². The minimum Gasteiger partial charge on any atom is -0.444 e. The molecule has 1 aliphatic carbocycles. The molecule has 4 N–H and O–H groups in total. The van der Waals surface area contributed by atoms with Crippen LogP contribution in [0, 0.1) is 0 Å². The van der Waals surface area contributed by atoms with Gasteiger partial charge < -0.3 is 25.7 Å². The van der Waals surface area contributed by atoms with Gasteiger partial charge in [-0.3, -0.25) is 4.79 Å². The first-order valence-corrected chi connectivity index (χ1v) is 13.6. The number of nitrogens with one attached hydrogen (secondary N) is 2. The van der Waals surface area contributed by atoms with Gasteiger partial charge in [-0.15, -0.1) is 0 Å². The van der Waals surface area contributed by atoms with Crippen molar-refractivity contribution in [3.8, 4) is 11.4 Å². The summed E-state index contributed by atoms with van der Waals surface area (Å²) in [6.07, 6.45) is 4.51. The number of benzene rings is 1. The summed E-state index contributed by atoms with van der Waals surface area (Å²) in [5, 5.41) is 9.81. The molecule has 0 atom stereocenters. The summed E-state index contributed by atoms with van der Waals surface area (Å²) in [4.78, 5) is 38.9. The normalized spacial score (nSPS) is 16.7. The Kier molecular flexibility index (Phi) is 6.13. The molecule has 1 aliphatic heterocycles. The molecule has 4 aromatic rings. The summed E-state index contributed by atoms with van der Waals surface area (Å²) in [5.74, 6) is 0.198. The van der Waals surface area contributed by atoms with Crippen LogP contribution in [0.4, 0.5) is 10.6 Å². The molecule has 12 heteroatoms. The van der Waals surface area contributed by atoms with Gasteiger partial charge in [0, 0.05) is 35.6 Å². The number of hydrogen-bond donors (Lipinski definition) is 3. The van der Waals surface area contributed by atoms with Gasteiger partial charge in [0.1, 0.15) is 23.4 Å². The number of amides is 2. The first kappa shape index (κ1) is 25.4. The maximum Gasteiger partial charge on any atom is 0.410 e. The number of rotatable bonds is 4. The molecule has 2 amide bonds. The van der Waals surface area contributed by atoms with E-state index in [0.29, 0.717) is 64.8 Å². The number of aromatic nitrogens is 5. The molecule has 1 saturated heterocycles. The van der Waals surface area contributed by atoms with Crippen molar-refractivity contribution in [1.29, 1.82) is 0 Å². The number of carbonyl (C=O) groups excluding carboxylic acids is 2. The molecule has 204 valence electrons. The van der Waals surface area contributed by atoms with E-state index in [1.807, 2.05) is 31.5 Å². The largest absolute Gasteiger partial charge is 0.444 e. The predicted octanol–water partition coefficient (Wildman–Crippen LogP) is 4.67. The molecule has 6 rings (SSSR count). The highest BCUT2D eigenvalue weighted by molar-refractivity contribution is 6.38. The zero-order valence-corrected chi connectivity index (χ0v) is 22.9. The minimum atomic E-state index is -0.546. The number of nitrogens with two attached hydrogens (primary N) is 1. The second-order valence-electron chi connectivity index (χ2n) is 11.3. The molecule has 3 aromatic heterocycles. The van der Waals surface area contributed by atoms with Crippen molar-refractivity contribution in [3.05, 3.63) is 35.1 Å². The molecule has 11 nitrogen and oxygen atoms in total.